The Balaban J connectivity index is 2.39. The Labute approximate surface area is 68.4 Å². The second-order valence-corrected chi connectivity index (χ2v) is 3.75. The van der Waals surface area contributed by atoms with E-state index in [9.17, 15) is 0 Å². The molecule has 0 saturated heterocycles. The Morgan fingerprint density at radius 1 is 1.80 bits per heavy atom. The van der Waals surface area contributed by atoms with Crippen LogP contribution in [0.3, 0.4) is 0 Å². The van der Waals surface area contributed by atoms with Gasteiger partial charge in [-0.05, 0) is 21.8 Å². The van der Waals surface area contributed by atoms with Gasteiger partial charge in [0.15, 0.2) is 0 Å². The maximum atomic E-state index is 4.32. The van der Waals surface area contributed by atoms with Crippen LogP contribution in [0.15, 0.2) is 10.8 Å². The zero-order valence-electron chi connectivity index (χ0n) is 5.84. The van der Waals surface area contributed by atoms with Gasteiger partial charge in [-0.3, -0.25) is 0 Å². The van der Waals surface area contributed by atoms with Crippen molar-refractivity contribution in [2.24, 2.45) is 5.92 Å². The Hall–Kier alpha value is -0.310. The molecule has 0 saturated carbocycles. The molecule has 0 aromatic carbocycles. The van der Waals surface area contributed by atoms with Crippen molar-refractivity contribution in [1.29, 1.82) is 0 Å². The lowest BCUT2D eigenvalue weighted by molar-refractivity contribution is 0.562. The van der Waals surface area contributed by atoms with Crippen LogP contribution in [0.1, 0.15) is 12.7 Å². The quantitative estimate of drug-likeness (QED) is 0.626. The predicted molar refractivity (Wildman–Crippen MR) is 42.8 cm³/mol. The molecular weight excluding hydrogens is 192 g/mol. The minimum absolute atomic E-state index is 0.774. The molecule has 0 bridgehead atoms. The lowest BCUT2D eigenvalue weighted by Gasteiger charge is -1.95. The van der Waals surface area contributed by atoms with E-state index in [-0.39, 0.29) is 0 Å². The first-order chi connectivity index (χ1) is 4.75. The van der Waals surface area contributed by atoms with Gasteiger partial charge in [-0.15, -0.1) is 0 Å². The van der Waals surface area contributed by atoms with E-state index in [1.54, 1.807) is 0 Å². The summed E-state index contributed by atoms with van der Waals surface area (Å²) in [5, 5.41) is 0. The van der Waals surface area contributed by atoms with E-state index < -0.39 is 0 Å². The summed E-state index contributed by atoms with van der Waals surface area (Å²) in [6.07, 6.45) is 3.18. The van der Waals surface area contributed by atoms with Gasteiger partial charge in [0.05, 0.1) is 0 Å². The molecule has 1 unspecified atom stereocenters. The van der Waals surface area contributed by atoms with Crippen molar-refractivity contribution >= 4 is 15.9 Å². The first-order valence-corrected chi connectivity index (χ1v) is 4.26. The highest BCUT2D eigenvalue weighted by Crippen LogP contribution is 2.21. The molecule has 1 aliphatic rings. The summed E-state index contributed by atoms with van der Waals surface area (Å²) in [6, 6.07) is 0. The molecule has 0 spiro atoms. The molecular formula is C7H9BrN2. The van der Waals surface area contributed by atoms with Gasteiger partial charge >= 0.3 is 0 Å². The van der Waals surface area contributed by atoms with Crippen molar-refractivity contribution in [3.8, 4) is 0 Å². The zero-order chi connectivity index (χ0) is 7.14. The van der Waals surface area contributed by atoms with Gasteiger partial charge in [-0.25, -0.2) is 4.98 Å². The third kappa shape index (κ3) is 0.888. The summed E-state index contributed by atoms with van der Waals surface area (Å²) in [7, 11) is 0. The highest BCUT2D eigenvalue weighted by atomic mass is 79.9. The Bertz CT molecular complexity index is 231. The van der Waals surface area contributed by atoms with Crippen LogP contribution in [0.2, 0.25) is 0 Å². The van der Waals surface area contributed by atoms with Crippen molar-refractivity contribution in [3.63, 3.8) is 0 Å². The topological polar surface area (TPSA) is 17.8 Å². The molecule has 1 aromatic heterocycles. The van der Waals surface area contributed by atoms with Crippen LogP contribution in [0.4, 0.5) is 0 Å². The molecule has 0 aliphatic carbocycles. The molecule has 0 amide bonds. The van der Waals surface area contributed by atoms with E-state index in [1.807, 2.05) is 0 Å². The molecule has 2 nitrogen and oxygen atoms in total. The molecule has 1 atom stereocenters. The van der Waals surface area contributed by atoms with Crippen LogP contribution < -0.4 is 0 Å². The minimum Gasteiger partial charge on any atom is -0.333 e. The van der Waals surface area contributed by atoms with Gasteiger partial charge in [-0.2, -0.15) is 0 Å². The average Bonchev–Trinajstić information content (AvgIpc) is 2.21. The Morgan fingerprint density at radius 2 is 2.60 bits per heavy atom. The van der Waals surface area contributed by atoms with Crippen molar-refractivity contribution in [2.75, 3.05) is 0 Å². The number of hydrogen-bond donors (Lipinski definition) is 0. The molecule has 1 aliphatic heterocycles. The van der Waals surface area contributed by atoms with Crippen LogP contribution in [0.25, 0.3) is 0 Å². The minimum atomic E-state index is 0.774. The number of rotatable bonds is 0. The molecule has 0 fully saturated rings. The first-order valence-electron chi connectivity index (χ1n) is 3.47. The summed E-state index contributed by atoms with van der Waals surface area (Å²) in [4.78, 5) is 4.32. The lowest BCUT2D eigenvalue weighted by Crippen LogP contribution is -1.94. The van der Waals surface area contributed by atoms with Crippen molar-refractivity contribution in [1.82, 2.24) is 9.55 Å². The number of fused-ring (bicyclic) bond motifs is 1. The summed E-state index contributed by atoms with van der Waals surface area (Å²) in [6.45, 7) is 3.39. The molecule has 1 aromatic rings. The van der Waals surface area contributed by atoms with Gasteiger partial charge < -0.3 is 4.57 Å². The SMILES string of the molecule is CC1Cc2nc(Br)cn2C1. The normalized spacial score (nSPS) is 23.2. The molecule has 10 heavy (non-hydrogen) atoms. The molecule has 54 valence electrons. The summed E-state index contributed by atoms with van der Waals surface area (Å²) in [5.74, 6) is 2.00. The standard InChI is InChI=1S/C7H9BrN2/c1-5-2-7-9-6(8)4-10(7)3-5/h4-5H,2-3H2,1H3. The lowest BCUT2D eigenvalue weighted by atomic mass is 10.1. The van der Waals surface area contributed by atoms with E-state index in [2.05, 4.69) is 38.6 Å². The van der Waals surface area contributed by atoms with Crippen LogP contribution in [0, 0.1) is 5.92 Å². The highest BCUT2D eigenvalue weighted by molar-refractivity contribution is 9.10. The zero-order valence-corrected chi connectivity index (χ0v) is 7.43. The largest absolute Gasteiger partial charge is 0.333 e. The van der Waals surface area contributed by atoms with Crippen LogP contribution in [0.5, 0.6) is 0 Å². The molecule has 0 radical (unpaired) electrons. The number of hydrogen-bond acceptors (Lipinski definition) is 1. The van der Waals surface area contributed by atoms with Crippen LogP contribution in [-0.4, -0.2) is 9.55 Å². The van der Waals surface area contributed by atoms with Gasteiger partial charge in [0, 0.05) is 19.2 Å². The van der Waals surface area contributed by atoms with Gasteiger partial charge in [-0.1, -0.05) is 6.92 Å². The summed E-state index contributed by atoms with van der Waals surface area (Å²) < 4.78 is 3.18. The molecule has 0 N–H and O–H groups in total. The van der Waals surface area contributed by atoms with E-state index in [1.165, 1.54) is 5.82 Å². The van der Waals surface area contributed by atoms with E-state index in [0.29, 0.717) is 0 Å². The Morgan fingerprint density at radius 3 is 3.30 bits per heavy atom. The summed E-state index contributed by atoms with van der Waals surface area (Å²) in [5.41, 5.74) is 0. The van der Waals surface area contributed by atoms with Gasteiger partial charge in [0.25, 0.3) is 0 Å². The fourth-order valence-electron chi connectivity index (χ4n) is 1.45. The molecule has 3 heteroatoms. The fourth-order valence-corrected chi connectivity index (χ4v) is 1.90. The maximum Gasteiger partial charge on any atom is 0.124 e. The fraction of sp³-hybridized carbons (Fsp3) is 0.571. The van der Waals surface area contributed by atoms with Crippen LogP contribution >= 0.6 is 15.9 Å². The molecule has 2 heterocycles. The van der Waals surface area contributed by atoms with Gasteiger partial charge in [0.2, 0.25) is 0 Å². The number of imidazole rings is 1. The molecule has 2 rings (SSSR count). The van der Waals surface area contributed by atoms with E-state index in [0.717, 1.165) is 23.5 Å². The third-order valence-electron chi connectivity index (χ3n) is 1.87. The Kier molecular flexibility index (Phi) is 1.34. The average molecular weight is 201 g/mol. The number of halogens is 1. The van der Waals surface area contributed by atoms with E-state index in [4.69, 9.17) is 0 Å². The van der Waals surface area contributed by atoms with Gasteiger partial charge in [0.1, 0.15) is 10.4 Å². The second-order valence-electron chi connectivity index (χ2n) is 2.94. The highest BCUT2D eigenvalue weighted by Gasteiger charge is 2.18. The van der Waals surface area contributed by atoms with Crippen molar-refractivity contribution in [2.45, 2.75) is 19.9 Å². The van der Waals surface area contributed by atoms with Crippen molar-refractivity contribution < 1.29 is 0 Å². The smallest absolute Gasteiger partial charge is 0.124 e. The van der Waals surface area contributed by atoms with E-state index >= 15 is 0 Å². The summed E-state index contributed by atoms with van der Waals surface area (Å²) >= 11 is 3.35. The van der Waals surface area contributed by atoms with Crippen LogP contribution in [-0.2, 0) is 13.0 Å². The number of nitrogens with zero attached hydrogens (tertiary/aromatic N) is 2. The third-order valence-corrected chi connectivity index (χ3v) is 2.25. The monoisotopic (exact) mass is 200 g/mol. The second kappa shape index (κ2) is 2.09. The first kappa shape index (κ1) is 6.40. The maximum absolute atomic E-state index is 4.32. The van der Waals surface area contributed by atoms with Crippen molar-refractivity contribution in [3.05, 3.63) is 16.6 Å². The number of aromatic nitrogens is 2. The predicted octanol–water partition coefficient (Wildman–Crippen LogP) is 1.84.